The number of unbranched alkanes of at least 4 members (excludes halogenated alkanes) is 2. The fourth-order valence-corrected chi connectivity index (χ4v) is 1.72. The van der Waals surface area contributed by atoms with E-state index in [9.17, 15) is 4.79 Å². The van der Waals surface area contributed by atoms with Gasteiger partial charge in [-0.15, -0.1) is 5.10 Å². The highest BCUT2D eigenvalue weighted by Crippen LogP contribution is 2.22. The fourth-order valence-electron chi connectivity index (χ4n) is 1.72. The van der Waals surface area contributed by atoms with Gasteiger partial charge in [0, 0.05) is 6.54 Å². The Bertz CT molecular complexity index is 386. The number of hydrogen-bond acceptors (Lipinski definition) is 4. The zero-order valence-corrected chi connectivity index (χ0v) is 11.4. The van der Waals surface area contributed by atoms with Crippen molar-refractivity contribution in [1.82, 2.24) is 20.5 Å². The van der Waals surface area contributed by atoms with Crippen molar-refractivity contribution in [3.63, 3.8) is 0 Å². The van der Waals surface area contributed by atoms with Crippen LogP contribution in [-0.2, 0) is 0 Å². The van der Waals surface area contributed by atoms with Crippen LogP contribution in [0.4, 0.5) is 5.95 Å². The van der Waals surface area contributed by atoms with Crippen LogP contribution >= 0.6 is 0 Å². The molecule has 0 aliphatic heterocycles. The molecule has 0 saturated heterocycles. The molecule has 0 atom stereocenters. The van der Waals surface area contributed by atoms with Crippen LogP contribution in [0.5, 0.6) is 0 Å². The second-order valence-electron chi connectivity index (χ2n) is 5.35. The van der Waals surface area contributed by atoms with E-state index in [1.807, 2.05) is 0 Å². The van der Waals surface area contributed by atoms with Crippen molar-refractivity contribution in [1.29, 1.82) is 0 Å². The van der Waals surface area contributed by atoms with E-state index in [4.69, 9.17) is 5.73 Å². The number of aromatic nitrogens is 3. The minimum absolute atomic E-state index is 0.0855. The van der Waals surface area contributed by atoms with E-state index in [1.165, 1.54) is 19.3 Å². The third-order valence-electron chi connectivity index (χ3n) is 2.90. The van der Waals surface area contributed by atoms with Gasteiger partial charge in [0.25, 0.3) is 5.91 Å². The lowest BCUT2D eigenvalue weighted by atomic mass is 9.87. The maximum absolute atomic E-state index is 11.7. The highest BCUT2D eigenvalue weighted by atomic mass is 16.2. The number of carbonyl (C=O) groups is 1. The normalized spacial score (nSPS) is 11.5. The van der Waals surface area contributed by atoms with Crippen molar-refractivity contribution in [2.75, 3.05) is 12.3 Å². The highest BCUT2D eigenvalue weighted by molar-refractivity contribution is 5.90. The third kappa shape index (κ3) is 4.73. The Morgan fingerprint density at radius 2 is 2.17 bits per heavy atom. The van der Waals surface area contributed by atoms with Crippen LogP contribution in [0.15, 0.2) is 0 Å². The van der Waals surface area contributed by atoms with Gasteiger partial charge >= 0.3 is 0 Å². The summed E-state index contributed by atoms with van der Waals surface area (Å²) < 4.78 is 0. The Morgan fingerprint density at radius 3 is 2.72 bits per heavy atom. The number of nitrogens with zero attached hydrogens (tertiary/aromatic N) is 2. The SMILES string of the molecule is CCCCCC(C)(C)CNC(=O)c1nc(N)n[nH]1. The molecule has 0 fully saturated rings. The molecule has 1 rings (SSSR count). The molecular weight excluding hydrogens is 230 g/mol. The molecule has 0 aliphatic carbocycles. The smallest absolute Gasteiger partial charge is 0.288 e. The third-order valence-corrected chi connectivity index (χ3v) is 2.90. The summed E-state index contributed by atoms with van der Waals surface area (Å²) in [4.78, 5) is 15.5. The quantitative estimate of drug-likeness (QED) is 0.644. The lowest BCUT2D eigenvalue weighted by Gasteiger charge is -2.24. The minimum atomic E-state index is -0.261. The topological polar surface area (TPSA) is 96.7 Å². The first-order valence-electron chi connectivity index (χ1n) is 6.40. The Kier molecular flexibility index (Phi) is 5.12. The molecule has 6 nitrogen and oxygen atoms in total. The van der Waals surface area contributed by atoms with Crippen LogP contribution in [0.25, 0.3) is 0 Å². The molecule has 1 amide bonds. The van der Waals surface area contributed by atoms with E-state index in [2.05, 4.69) is 41.3 Å². The fraction of sp³-hybridized carbons (Fsp3) is 0.750. The molecular formula is C12H23N5O. The van der Waals surface area contributed by atoms with Gasteiger partial charge in [0.15, 0.2) is 0 Å². The zero-order chi connectivity index (χ0) is 13.6. The molecule has 102 valence electrons. The summed E-state index contributed by atoms with van der Waals surface area (Å²) in [6, 6.07) is 0. The van der Waals surface area contributed by atoms with Gasteiger partial charge in [0.1, 0.15) is 0 Å². The first-order chi connectivity index (χ1) is 8.44. The number of nitrogens with two attached hydrogens (primary N) is 1. The lowest BCUT2D eigenvalue weighted by molar-refractivity contribution is 0.0924. The summed E-state index contributed by atoms with van der Waals surface area (Å²) in [7, 11) is 0. The van der Waals surface area contributed by atoms with Gasteiger partial charge in [-0.05, 0) is 11.8 Å². The van der Waals surface area contributed by atoms with Gasteiger partial charge in [0.2, 0.25) is 11.8 Å². The molecule has 18 heavy (non-hydrogen) atoms. The maximum Gasteiger partial charge on any atom is 0.288 e. The summed E-state index contributed by atoms with van der Waals surface area (Å²) in [5.74, 6) is -0.0121. The second-order valence-corrected chi connectivity index (χ2v) is 5.35. The average Bonchev–Trinajstić information content (AvgIpc) is 2.73. The Morgan fingerprint density at radius 1 is 1.44 bits per heavy atom. The average molecular weight is 253 g/mol. The van der Waals surface area contributed by atoms with Crippen LogP contribution in [0.3, 0.4) is 0 Å². The van der Waals surface area contributed by atoms with Gasteiger partial charge in [0.05, 0.1) is 0 Å². The van der Waals surface area contributed by atoms with Crippen molar-refractivity contribution < 1.29 is 4.79 Å². The van der Waals surface area contributed by atoms with Crippen molar-refractivity contribution >= 4 is 11.9 Å². The molecule has 4 N–H and O–H groups in total. The minimum Gasteiger partial charge on any atom is -0.366 e. The van der Waals surface area contributed by atoms with Gasteiger partial charge in [-0.3, -0.25) is 9.89 Å². The molecule has 0 aliphatic rings. The first kappa shape index (κ1) is 14.5. The van der Waals surface area contributed by atoms with Crippen LogP contribution in [0.1, 0.15) is 57.1 Å². The zero-order valence-electron chi connectivity index (χ0n) is 11.4. The van der Waals surface area contributed by atoms with Crippen LogP contribution in [-0.4, -0.2) is 27.6 Å². The largest absolute Gasteiger partial charge is 0.366 e. The van der Waals surface area contributed by atoms with Crippen molar-refractivity contribution in [2.24, 2.45) is 5.41 Å². The molecule has 0 aromatic carbocycles. The molecule has 6 heteroatoms. The number of H-pyrrole nitrogens is 1. The lowest BCUT2D eigenvalue weighted by Crippen LogP contribution is -2.34. The molecule has 1 aromatic rings. The number of rotatable bonds is 7. The predicted molar refractivity (Wildman–Crippen MR) is 71.1 cm³/mol. The predicted octanol–water partition coefficient (Wildman–Crippen LogP) is 1.72. The molecule has 1 heterocycles. The number of nitrogens with one attached hydrogen (secondary N) is 2. The molecule has 0 bridgehead atoms. The van der Waals surface area contributed by atoms with E-state index >= 15 is 0 Å². The Labute approximate surface area is 108 Å². The number of amides is 1. The van der Waals surface area contributed by atoms with Crippen molar-refractivity contribution in [3.05, 3.63) is 5.82 Å². The van der Waals surface area contributed by atoms with Crippen LogP contribution in [0, 0.1) is 5.41 Å². The van der Waals surface area contributed by atoms with Crippen LogP contribution < -0.4 is 11.1 Å². The molecule has 0 radical (unpaired) electrons. The number of nitrogen functional groups attached to an aromatic ring is 1. The second kappa shape index (κ2) is 6.37. The van der Waals surface area contributed by atoms with E-state index in [0.29, 0.717) is 6.54 Å². The number of anilines is 1. The summed E-state index contributed by atoms with van der Waals surface area (Å²) in [5.41, 5.74) is 5.44. The monoisotopic (exact) mass is 253 g/mol. The number of aromatic amines is 1. The van der Waals surface area contributed by atoms with E-state index in [0.717, 1.165) is 6.42 Å². The van der Waals surface area contributed by atoms with E-state index < -0.39 is 0 Å². The first-order valence-corrected chi connectivity index (χ1v) is 6.40. The van der Waals surface area contributed by atoms with E-state index in [1.54, 1.807) is 0 Å². The highest BCUT2D eigenvalue weighted by Gasteiger charge is 2.19. The van der Waals surface area contributed by atoms with Crippen molar-refractivity contribution in [3.8, 4) is 0 Å². The number of hydrogen-bond donors (Lipinski definition) is 3. The summed E-state index contributed by atoms with van der Waals surface area (Å²) in [5, 5.41) is 8.97. The Balaban J connectivity index is 2.37. The van der Waals surface area contributed by atoms with Gasteiger partial charge < -0.3 is 11.1 Å². The Hall–Kier alpha value is -1.59. The summed E-state index contributed by atoms with van der Waals surface area (Å²) in [6.45, 7) is 7.11. The molecule has 0 unspecified atom stereocenters. The standard InChI is InChI=1S/C12H23N5O/c1-4-5-6-7-12(2,3)8-14-10(18)9-15-11(13)17-16-9/h4-8H2,1-3H3,(H,14,18)(H3,13,15,16,17). The van der Waals surface area contributed by atoms with Crippen molar-refractivity contribution in [2.45, 2.75) is 46.5 Å². The van der Waals surface area contributed by atoms with Gasteiger partial charge in [-0.25, -0.2) is 0 Å². The summed E-state index contributed by atoms with van der Waals surface area (Å²) >= 11 is 0. The summed E-state index contributed by atoms with van der Waals surface area (Å²) in [6.07, 6.45) is 4.73. The van der Waals surface area contributed by atoms with Gasteiger partial charge in [-0.1, -0.05) is 40.0 Å². The molecule has 0 saturated carbocycles. The van der Waals surface area contributed by atoms with Crippen LogP contribution in [0.2, 0.25) is 0 Å². The van der Waals surface area contributed by atoms with Gasteiger partial charge in [-0.2, -0.15) is 4.98 Å². The molecule has 1 aromatic heterocycles. The van der Waals surface area contributed by atoms with E-state index in [-0.39, 0.29) is 23.1 Å². The maximum atomic E-state index is 11.7. The molecule has 0 spiro atoms. The number of carbonyl (C=O) groups excluding carboxylic acids is 1.